The maximum Gasteiger partial charge on any atom is 0.179 e. The molecule has 328 valence electrons. The predicted molar refractivity (Wildman–Crippen MR) is 299 cm³/mol. The molecule has 3 aromatic heterocycles. The first-order valence-electron chi connectivity index (χ1n) is 24.2. The summed E-state index contributed by atoms with van der Waals surface area (Å²) in [6.07, 6.45) is 0. The Labute approximate surface area is 407 Å². The highest BCUT2D eigenvalue weighted by Gasteiger charge is 2.41. The number of hydrogen-bond donors (Lipinski definition) is 0. The Morgan fingerprint density at radius 3 is 1.10 bits per heavy atom. The van der Waals surface area contributed by atoms with Crippen LogP contribution in [0.15, 0.2) is 273 Å². The van der Waals surface area contributed by atoms with Crippen LogP contribution in [0.4, 0.5) is 0 Å². The van der Waals surface area contributed by atoms with Crippen LogP contribution in [0, 0.1) is 0 Å². The fraction of sp³-hybridized carbons (Fsp3) is 0. The van der Waals surface area contributed by atoms with Gasteiger partial charge in [-0.3, -0.25) is 0 Å². The summed E-state index contributed by atoms with van der Waals surface area (Å²) in [6.45, 7) is 0. The summed E-state index contributed by atoms with van der Waals surface area (Å²) in [5, 5.41) is 12.8. The van der Waals surface area contributed by atoms with Crippen LogP contribution >= 0.6 is 0 Å². The zero-order valence-corrected chi connectivity index (χ0v) is 39.3. The molecule has 14 rings (SSSR count). The van der Waals surface area contributed by atoms with Gasteiger partial charge in [-0.05, 0) is 80.9 Å². The lowest BCUT2D eigenvalue weighted by Crippen LogP contribution is -2.74. The molecule has 0 fully saturated rings. The van der Waals surface area contributed by atoms with E-state index in [0.717, 1.165) is 28.1 Å². The van der Waals surface area contributed by atoms with Gasteiger partial charge < -0.3 is 13.7 Å². The molecule has 0 aliphatic carbocycles. The number of para-hydroxylation sites is 4. The predicted octanol–water partition coefficient (Wildman–Crippen LogP) is 14.0. The van der Waals surface area contributed by atoms with E-state index in [-0.39, 0.29) is 0 Å². The number of benzene rings is 11. The molecule has 0 radical (unpaired) electrons. The molecule has 0 aliphatic heterocycles. The molecule has 0 aliphatic rings. The molecule has 0 bridgehead atoms. The van der Waals surface area contributed by atoms with Crippen molar-refractivity contribution in [2.45, 2.75) is 0 Å². The van der Waals surface area contributed by atoms with E-state index in [9.17, 15) is 0 Å². The van der Waals surface area contributed by atoms with Crippen LogP contribution in [0.25, 0.3) is 93.6 Å². The van der Waals surface area contributed by atoms with Crippen LogP contribution in [0.2, 0.25) is 0 Å². The van der Waals surface area contributed by atoms with Crippen molar-refractivity contribution in [2.75, 3.05) is 0 Å². The van der Waals surface area contributed by atoms with Gasteiger partial charge in [-0.25, -0.2) is 0 Å². The number of fused-ring (bicyclic) bond motifs is 9. The molecule has 0 saturated carbocycles. The van der Waals surface area contributed by atoms with Gasteiger partial charge in [-0.1, -0.05) is 218 Å². The number of rotatable bonds is 8. The van der Waals surface area contributed by atoms with E-state index < -0.39 is 8.07 Å². The lowest BCUT2D eigenvalue weighted by atomic mass is 10.0. The van der Waals surface area contributed by atoms with Crippen molar-refractivity contribution in [3.05, 3.63) is 273 Å². The summed E-state index contributed by atoms with van der Waals surface area (Å²) < 4.78 is 7.48. The van der Waals surface area contributed by atoms with Gasteiger partial charge in [0.2, 0.25) is 0 Å². The van der Waals surface area contributed by atoms with Crippen LogP contribution in [0.1, 0.15) is 0 Å². The maximum absolute atomic E-state index is 2.88. The van der Waals surface area contributed by atoms with Gasteiger partial charge in [-0.15, -0.1) is 0 Å². The second-order valence-electron chi connectivity index (χ2n) is 18.4. The van der Waals surface area contributed by atoms with Crippen molar-refractivity contribution < 1.29 is 0 Å². The fourth-order valence-electron chi connectivity index (χ4n) is 11.8. The summed E-state index contributed by atoms with van der Waals surface area (Å²) in [4.78, 5) is 0. The van der Waals surface area contributed by atoms with Gasteiger partial charge in [0, 0.05) is 49.3 Å². The van der Waals surface area contributed by atoms with Crippen LogP contribution in [0.5, 0.6) is 0 Å². The molecule has 70 heavy (non-hydrogen) atoms. The normalized spacial score (nSPS) is 12.0. The third-order valence-electron chi connectivity index (χ3n) is 14.8. The molecule has 0 spiro atoms. The zero-order chi connectivity index (χ0) is 46.2. The van der Waals surface area contributed by atoms with Crippen molar-refractivity contribution in [2.24, 2.45) is 0 Å². The summed E-state index contributed by atoms with van der Waals surface area (Å²) in [7, 11) is -2.88. The molecule has 14 aromatic rings. The monoisotopic (exact) mass is 907 g/mol. The summed E-state index contributed by atoms with van der Waals surface area (Å²) in [5.41, 5.74) is 12.8. The van der Waals surface area contributed by atoms with Crippen LogP contribution in [0.3, 0.4) is 0 Å². The zero-order valence-electron chi connectivity index (χ0n) is 38.3. The highest BCUT2D eigenvalue weighted by atomic mass is 28.3. The van der Waals surface area contributed by atoms with E-state index in [2.05, 4.69) is 287 Å². The number of aromatic nitrogens is 3. The maximum atomic E-state index is 2.55. The van der Waals surface area contributed by atoms with Crippen molar-refractivity contribution in [3.63, 3.8) is 0 Å². The highest BCUT2D eigenvalue weighted by molar-refractivity contribution is 7.20. The second-order valence-corrected chi connectivity index (χ2v) is 22.2. The molecule has 0 atom stereocenters. The highest BCUT2D eigenvalue weighted by Crippen LogP contribution is 2.40. The summed E-state index contributed by atoms with van der Waals surface area (Å²) in [5.74, 6) is 0. The Morgan fingerprint density at radius 1 is 0.229 bits per heavy atom. The first kappa shape index (κ1) is 40.1. The standard InChI is InChI=1S/C66H45N3Si/c1-5-21-46(22-6-1)53-29-13-17-33-60(53)69-63-36-20-16-32-56(63)57-40-38-48(44-65(57)69)68-64-43-47(67-61-34-18-14-30-54(61)55-31-15-19-35-62(55)67)37-41-58(64)59-42-39-52(45-66(59)68)70(49-23-7-2-8-24-49,50-25-9-3-10-26-50)51-27-11-4-12-28-51/h1-45H. The molecular weight excluding hydrogens is 863 g/mol. The van der Waals surface area contributed by atoms with Gasteiger partial charge in [0.1, 0.15) is 0 Å². The molecule has 0 N–H and O–H groups in total. The van der Waals surface area contributed by atoms with E-state index in [1.807, 2.05) is 0 Å². The van der Waals surface area contributed by atoms with Crippen molar-refractivity contribution in [3.8, 4) is 28.2 Å². The molecular formula is C66H45N3Si. The lowest BCUT2D eigenvalue weighted by Gasteiger charge is -2.34. The Kier molecular flexibility index (Phi) is 9.23. The smallest absolute Gasteiger partial charge is 0.179 e. The second kappa shape index (κ2) is 16.1. The molecule has 3 heterocycles. The Bertz CT molecular complexity index is 4130. The first-order chi connectivity index (χ1) is 34.8. The third-order valence-corrected chi connectivity index (χ3v) is 19.6. The van der Waals surface area contributed by atoms with Gasteiger partial charge in [0.05, 0.1) is 38.8 Å². The lowest BCUT2D eigenvalue weighted by molar-refractivity contribution is 1.15. The molecule has 3 nitrogen and oxygen atoms in total. The van der Waals surface area contributed by atoms with E-state index in [1.54, 1.807) is 0 Å². The van der Waals surface area contributed by atoms with E-state index in [4.69, 9.17) is 0 Å². The molecule has 4 heteroatoms. The largest absolute Gasteiger partial charge is 0.309 e. The van der Waals surface area contributed by atoms with E-state index in [1.165, 1.54) is 86.3 Å². The van der Waals surface area contributed by atoms with Gasteiger partial charge in [0.15, 0.2) is 8.07 Å². The third kappa shape index (κ3) is 6.00. The topological polar surface area (TPSA) is 14.8 Å². The Morgan fingerprint density at radius 2 is 0.586 bits per heavy atom. The minimum atomic E-state index is -2.88. The number of nitrogens with zero attached hydrogens (tertiary/aromatic N) is 3. The van der Waals surface area contributed by atoms with Gasteiger partial charge in [-0.2, -0.15) is 0 Å². The SMILES string of the molecule is c1ccc(-c2ccccc2-n2c3ccccc3c3ccc(-n4c5cc(-n6c7ccccc7c7ccccc76)ccc5c5ccc([Si](c6ccccc6)(c6ccccc6)c6ccccc6)cc54)cc32)cc1. The van der Waals surface area contributed by atoms with Crippen LogP contribution in [-0.4, -0.2) is 21.8 Å². The average molecular weight is 908 g/mol. The van der Waals surface area contributed by atoms with Crippen molar-refractivity contribution in [1.82, 2.24) is 13.7 Å². The van der Waals surface area contributed by atoms with Crippen molar-refractivity contribution >= 4 is 94.2 Å². The minimum Gasteiger partial charge on any atom is -0.309 e. The Hall–Kier alpha value is -8.96. The van der Waals surface area contributed by atoms with Gasteiger partial charge >= 0.3 is 0 Å². The molecule has 0 unspecified atom stereocenters. The summed E-state index contributed by atoms with van der Waals surface area (Å²) in [6, 6.07) is 101. The molecule has 0 amide bonds. The average Bonchev–Trinajstić information content (AvgIpc) is 4.07. The minimum absolute atomic E-state index is 1.11. The quantitative estimate of drug-likeness (QED) is 0.107. The van der Waals surface area contributed by atoms with Gasteiger partial charge in [0.25, 0.3) is 0 Å². The van der Waals surface area contributed by atoms with Crippen LogP contribution in [-0.2, 0) is 0 Å². The van der Waals surface area contributed by atoms with Crippen molar-refractivity contribution in [1.29, 1.82) is 0 Å². The van der Waals surface area contributed by atoms with E-state index in [0.29, 0.717) is 0 Å². The van der Waals surface area contributed by atoms with E-state index >= 15 is 0 Å². The first-order valence-corrected chi connectivity index (χ1v) is 26.2. The summed E-state index contributed by atoms with van der Waals surface area (Å²) >= 11 is 0. The number of hydrogen-bond acceptors (Lipinski definition) is 0. The fourth-order valence-corrected chi connectivity index (χ4v) is 16.6. The molecule has 11 aromatic carbocycles. The Balaban J connectivity index is 1.10. The molecule has 0 saturated heterocycles. The van der Waals surface area contributed by atoms with Crippen LogP contribution < -0.4 is 20.7 Å².